The van der Waals surface area contributed by atoms with Crippen molar-refractivity contribution in [2.75, 3.05) is 0 Å². The van der Waals surface area contributed by atoms with Gasteiger partial charge in [-0.1, -0.05) is 26.7 Å². The normalized spacial score (nSPS) is 19.4. The Morgan fingerprint density at radius 1 is 0.800 bits per heavy atom. The highest BCUT2D eigenvalue weighted by atomic mass is 19.1. The topological polar surface area (TPSA) is 42.5 Å². The van der Waals surface area contributed by atoms with Crippen LogP contribution in [-0.4, -0.2) is 31.3 Å². The highest BCUT2D eigenvalue weighted by Crippen LogP contribution is 2.06. The van der Waals surface area contributed by atoms with Gasteiger partial charge >= 0.3 is 0 Å². The van der Waals surface area contributed by atoms with Crippen LogP contribution in [0.2, 0.25) is 0 Å². The molecule has 0 spiro atoms. The van der Waals surface area contributed by atoms with Crippen LogP contribution in [0.4, 0.5) is 8.78 Å². The molecule has 2 N–H and O–H groups in total. The van der Waals surface area contributed by atoms with Crippen molar-refractivity contribution in [1.29, 1.82) is 0 Å². The molecule has 0 saturated heterocycles. The van der Waals surface area contributed by atoms with Crippen LogP contribution in [-0.2, 0) is 9.47 Å². The summed E-state index contributed by atoms with van der Waals surface area (Å²) in [5.41, 5.74) is 0. The van der Waals surface area contributed by atoms with Gasteiger partial charge < -0.3 is 9.47 Å². The third-order valence-electron chi connectivity index (χ3n) is 2.71. The average Bonchev–Trinajstić information content (AvgIpc) is 2.27. The number of halogens is 2. The Kier molecular flexibility index (Phi) is 11.2. The Morgan fingerprint density at radius 3 is 1.45 bits per heavy atom. The highest BCUT2D eigenvalue weighted by molar-refractivity contribution is 4.57. The zero-order chi connectivity index (χ0) is 15.5. The van der Waals surface area contributed by atoms with E-state index in [-0.39, 0.29) is 0 Å². The van der Waals surface area contributed by atoms with Crippen molar-refractivity contribution < 1.29 is 18.3 Å². The van der Waals surface area contributed by atoms with Crippen molar-refractivity contribution in [2.24, 2.45) is 0 Å². The smallest absolute Gasteiger partial charge is 0.158 e. The number of ether oxygens (including phenoxy) is 2. The molecule has 0 saturated carbocycles. The third-order valence-corrected chi connectivity index (χ3v) is 2.71. The van der Waals surface area contributed by atoms with Crippen molar-refractivity contribution in [3.8, 4) is 0 Å². The fourth-order valence-electron chi connectivity index (χ4n) is 1.87. The maximum Gasteiger partial charge on any atom is 0.158 e. The second kappa shape index (κ2) is 11.4. The Morgan fingerprint density at radius 2 is 1.15 bits per heavy atom. The highest BCUT2D eigenvalue weighted by Gasteiger charge is 2.16. The number of hydrogen-bond acceptors (Lipinski definition) is 4. The van der Waals surface area contributed by atoms with E-state index >= 15 is 0 Å². The van der Waals surface area contributed by atoms with Crippen LogP contribution in [0.3, 0.4) is 0 Å². The molecule has 0 radical (unpaired) electrons. The van der Waals surface area contributed by atoms with E-state index in [2.05, 4.69) is 10.6 Å². The second-order valence-corrected chi connectivity index (χ2v) is 4.97. The van der Waals surface area contributed by atoms with Crippen LogP contribution in [0.15, 0.2) is 0 Å². The van der Waals surface area contributed by atoms with Gasteiger partial charge in [-0.3, -0.25) is 10.6 Å². The van der Waals surface area contributed by atoms with E-state index < -0.39 is 31.3 Å². The lowest BCUT2D eigenvalue weighted by atomic mass is 10.3. The fourth-order valence-corrected chi connectivity index (χ4v) is 1.87. The summed E-state index contributed by atoms with van der Waals surface area (Å²) >= 11 is 0. The van der Waals surface area contributed by atoms with Crippen molar-refractivity contribution in [2.45, 2.75) is 91.6 Å². The standard InChI is InChI=1S/C14H30F2N2O2/c1-6-8-13(15)17-10(3)19-12(5)20-11(4)18-14(16)9-7-2/h10-14,17-18H,6-9H2,1-5H3. The van der Waals surface area contributed by atoms with Gasteiger partial charge in [-0.25, -0.2) is 8.78 Å². The van der Waals surface area contributed by atoms with E-state index in [1.807, 2.05) is 13.8 Å². The zero-order valence-corrected chi connectivity index (χ0v) is 13.3. The molecule has 0 aliphatic carbocycles. The van der Waals surface area contributed by atoms with Crippen molar-refractivity contribution in [3.63, 3.8) is 0 Å². The Labute approximate surface area is 121 Å². The monoisotopic (exact) mass is 296 g/mol. The van der Waals surface area contributed by atoms with Crippen LogP contribution >= 0.6 is 0 Å². The maximum atomic E-state index is 13.3. The molecule has 4 unspecified atom stereocenters. The largest absolute Gasteiger partial charge is 0.335 e. The van der Waals surface area contributed by atoms with Gasteiger partial charge in [0.15, 0.2) is 18.9 Å². The van der Waals surface area contributed by atoms with E-state index in [9.17, 15) is 8.78 Å². The minimum atomic E-state index is -1.09. The van der Waals surface area contributed by atoms with Gasteiger partial charge in [-0.15, -0.1) is 0 Å². The molecule has 0 rings (SSSR count). The first-order valence-corrected chi connectivity index (χ1v) is 7.50. The van der Waals surface area contributed by atoms with E-state index in [0.29, 0.717) is 12.8 Å². The van der Waals surface area contributed by atoms with Gasteiger partial charge in [0, 0.05) is 0 Å². The molecule has 0 amide bonds. The summed E-state index contributed by atoms with van der Waals surface area (Å²) in [6, 6.07) is 0. The molecular weight excluding hydrogens is 266 g/mol. The van der Waals surface area contributed by atoms with Gasteiger partial charge in [0.1, 0.15) is 12.5 Å². The zero-order valence-electron chi connectivity index (χ0n) is 13.3. The van der Waals surface area contributed by atoms with E-state index in [1.165, 1.54) is 0 Å². The molecule has 0 aliphatic heterocycles. The van der Waals surface area contributed by atoms with Gasteiger partial charge in [-0.05, 0) is 33.6 Å². The Bertz CT molecular complexity index is 213. The minimum Gasteiger partial charge on any atom is -0.335 e. The molecule has 122 valence electrons. The summed E-state index contributed by atoms with van der Waals surface area (Å²) in [4.78, 5) is 0. The van der Waals surface area contributed by atoms with Crippen LogP contribution in [0, 0.1) is 0 Å². The quantitative estimate of drug-likeness (QED) is 0.428. The predicted molar refractivity (Wildman–Crippen MR) is 76.4 cm³/mol. The average molecular weight is 296 g/mol. The van der Waals surface area contributed by atoms with Crippen LogP contribution in [0.5, 0.6) is 0 Å². The lowest BCUT2D eigenvalue weighted by molar-refractivity contribution is -0.196. The maximum absolute atomic E-state index is 13.3. The van der Waals surface area contributed by atoms with Crippen LogP contribution in [0.1, 0.15) is 60.3 Å². The number of hydrogen-bond donors (Lipinski definition) is 2. The SMILES string of the molecule is CCCC(F)NC(C)OC(C)OC(C)NC(F)CCC. The van der Waals surface area contributed by atoms with Gasteiger partial charge in [0.05, 0.1) is 0 Å². The number of alkyl halides is 2. The fraction of sp³-hybridized carbons (Fsp3) is 1.00. The molecule has 20 heavy (non-hydrogen) atoms. The molecule has 0 aromatic rings. The van der Waals surface area contributed by atoms with Gasteiger partial charge in [0.25, 0.3) is 0 Å². The molecule has 4 atom stereocenters. The molecule has 4 nitrogen and oxygen atoms in total. The summed E-state index contributed by atoms with van der Waals surface area (Å²) in [7, 11) is 0. The van der Waals surface area contributed by atoms with Crippen molar-refractivity contribution in [3.05, 3.63) is 0 Å². The minimum absolute atomic E-state index is 0.446. The Hall–Kier alpha value is -0.300. The summed E-state index contributed by atoms with van der Waals surface area (Å²) in [5, 5.41) is 5.37. The summed E-state index contributed by atoms with van der Waals surface area (Å²) in [5.74, 6) is 0. The van der Waals surface area contributed by atoms with E-state index in [0.717, 1.165) is 12.8 Å². The first kappa shape index (κ1) is 19.7. The van der Waals surface area contributed by atoms with Crippen molar-refractivity contribution >= 4 is 0 Å². The van der Waals surface area contributed by atoms with Crippen molar-refractivity contribution in [1.82, 2.24) is 10.6 Å². The van der Waals surface area contributed by atoms with E-state index in [1.54, 1.807) is 20.8 Å². The second-order valence-electron chi connectivity index (χ2n) is 4.97. The summed E-state index contributed by atoms with van der Waals surface area (Å²) in [6.07, 6.45) is -1.22. The lowest BCUT2D eigenvalue weighted by Gasteiger charge is -2.25. The molecule has 0 fully saturated rings. The molecule has 6 heteroatoms. The molecule has 0 heterocycles. The van der Waals surface area contributed by atoms with Gasteiger partial charge in [-0.2, -0.15) is 0 Å². The molecule has 0 aromatic heterocycles. The molecule has 0 aliphatic rings. The summed E-state index contributed by atoms with van der Waals surface area (Å²) in [6.45, 7) is 8.98. The predicted octanol–water partition coefficient (Wildman–Crippen LogP) is 3.43. The first-order valence-electron chi connectivity index (χ1n) is 7.50. The van der Waals surface area contributed by atoms with Gasteiger partial charge in [0.2, 0.25) is 0 Å². The summed E-state index contributed by atoms with van der Waals surface area (Å²) < 4.78 is 37.5. The van der Waals surface area contributed by atoms with Crippen LogP contribution in [0.25, 0.3) is 0 Å². The molecule has 0 bridgehead atoms. The van der Waals surface area contributed by atoms with Crippen LogP contribution < -0.4 is 10.6 Å². The third kappa shape index (κ3) is 10.5. The lowest BCUT2D eigenvalue weighted by Crippen LogP contribution is -2.41. The number of nitrogens with one attached hydrogen (secondary N) is 2. The molecule has 0 aromatic carbocycles. The first-order chi connectivity index (χ1) is 9.38. The molecular formula is C14H30F2N2O2. The number of rotatable bonds is 12. The Balaban J connectivity index is 3.87. The van der Waals surface area contributed by atoms with E-state index in [4.69, 9.17) is 9.47 Å².